The molecule has 3 aromatic rings. The van der Waals surface area contributed by atoms with Gasteiger partial charge in [-0.2, -0.15) is 10.1 Å². The Kier molecular flexibility index (Phi) is 6.00. The number of fused-ring (bicyclic) bond motifs is 1. The molecular weight excluding hydrogens is 468 g/mol. The van der Waals surface area contributed by atoms with Gasteiger partial charge >= 0.3 is 0 Å². The van der Waals surface area contributed by atoms with Crippen LogP contribution >= 0.6 is 0 Å². The lowest BCUT2D eigenvalue weighted by molar-refractivity contribution is -0.123. The average Bonchev–Trinajstić information content (AvgIpc) is 3.57. The summed E-state index contributed by atoms with van der Waals surface area (Å²) in [4.78, 5) is 31.8. The second kappa shape index (κ2) is 9.29. The summed E-state index contributed by atoms with van der Waals surface area (Å²) in [6.45, 7) is 3.93. The zero-order valence-corrected chi connectivity index (χ0v) is 20.1. The minimum absolute atomic E-state index is 0.0189. The van der Waals surface area contributed by atoms with Crippen LogP contribution in [0.1, 0.15) is 19.7 Å². The first-order valence-electron chi connectivity index (χ1n) is 11.3. The molecule has 2 aliphatic rings. The number of rotatable bonds is 8. The van der Waals surface area contributed by atoms with Crippen molar-refractivity contribution in [2.24, 2.45) is 10.3 Å². The quantitative estimate of drug-likeness (QED) is 0.435. The molecule has 0 spiro atoms. The van der Waals surface area contributed by atoms with E-state index >= 15 is 0 Å². The molecule has 0 radical (unpaired) electrons. The number of benzene rings is 2. The van der Waals surface area contributed by atoms with Gasteiger partial charge in [-0.15, -0.1) is 0 Å². The second-order valence-corrected chi connectivity index (χ2v) is 8.45. The highest BCUT2D eigenvalue weighted by atomic mass is 16.5. The summed E-state index contributed by atoms with van der Waals surface area (Å²) in [6, 6.07) is 10.3. The molecule has 0 saturated carbocycles. The molecule has 2 aliphatic heterocycles. The molecule has 1 fully saturated rings. The number of hydrogen-bond acceptors (Lipinski definition) is 11. The topological polar surface area (TPSA) is 132 Å². The van der Waals surface area contributed by atoms with E-state index in [1.807, 2.05) is 38.1 Å². The summed E-state index contributed by atoms with van der Waals surface area (Å²) in [7, 11) is 2.98. The van der Waals surface area contributed by atoms with E-state index in [1.54, 1.807) is 18.2 Å². The van der Waals surface area contributed by atoms with Gasteiger partial charge in [-0.3, -0.25) is 14.6 Å². The fourth-order valence-corrected chi connectivity index (χ4v) is 4.10. The van der Waals surface area contributed by atoms with Gasteiger partial charge in [0.25, 0.3) is 11.8 Å². The van der Waals surface area contributed by atoms with Crippen molar-refractivity contribution < 1.29 is 28.3 Å². The molecule has 0 N–H and O–H groups in total. The van der Waals surface area contributed by atoms with Gasteiger partial charge in [-0.1, -0.05) is 10.4 Å². The Morgan fingerprint density at radius 1 is 1.00 bits per heavy atom. The Bertz CT molecular complexity index is 1320. The molecule has 1 saturated heterocycles. The Morgan fingerprint density at radius 3 is 2.44 bits per heavy atom. The number of ether oxygens (including phenoxy) is 3. The molecule has 2 aromatic carbocycles. The maximum absolute atomic E-state index is 13.3. The van der Waals surface area contributed by atoms with Gasteiger partial charge in [0.2, 0.25) is 11.7 Å². The van der Waals surface area contributed by atoms with Gasteiger partial charge in [0, 0.05) is 11.6 Å². The van der Waals surface area contributed by atoms with E-state index in [4.69, 9.17) is 18.7 Å². The Labute approximate surface area is 206 Å². The highest BCUT2D eigenvalue weighted by Crippen LogP contribution is 2.37. The summed E-state index contributed by atoms with van der Waals surface area (Å²) in [5.41, 5.74) is 1.10. The van der Waals surface area contributed by atoms with Crippen molar-refractivity contribution in [3.63, 3.8) is 0 Å². The zero-order chi connectivity index (χ0) is 25.4. The van der Waals surface area contributed by atoms with E-state index in [-0.39, 0.29) is 18.5 Å². The fourth-order valence-electron chi connectivity index (χ4n) is 4.10. The molecule has 2 amide bonds. The first-order chi connectivity index (χ1) is 17.4. The van der Waals surface area contributed by atoms with E-state index < -0.39 is 23.9 Å². The van der Waals surface area contributed by atoms with Gasteiger partial charge in [-0.25, -0.2) is 4.90 Å². The number of amides is 2. The van der Waals surface area contributed by atoms with E-state index in [0.29, 0.717) is 23.0 Å². The normalized spacial score (nSPS) is 18.8. The predicted octanol–water partition coefficient (Wildman–Crippen LogP) is 3.03. The number of imide groups is 1. The fraction of sp³-hybridized carbons (Fsp3) is 0.333. The third-order valence-corrected chi connectivity index (χ3v) is 5.73. The standard InChI is InChI=1S/C24H24N6O6/c1-13(2)35-16-8-5-14(6-9-16)22-25-19(36-27-22)12-29-21-20(26-28-29)23(31)30(24(21)32)15-7-10-17(33-3)18(11-15)34-4/h5-11,13,20-21H,12H2,1-4H3/t20-,21-/m1/s1. The van der Waals surface area contributed by atoms with E-state index in [9.17, 15) is 9.59 Å². The van der Waals surface area contributed by atoms with Crippen LogP contribution in [0.5, 0.6) is 17.2 Å². The largest absolute Gasteiger partial charge is 0.493 e. The lowest BCUT2D eigenvalue weighted by atomic mass is 10.1. The van der Waals surface area contributed by atoms with Crippen molar-refractivity contribution in [3.8, 4) is 28.6 Å². The first kappa shape index (κ1) is 23.3. The van der Waals surface area contributed by atoms with Crippen LogP contribution in [0.4, 0.5) is 5.69 Å². The van der Waals surface area contributed by atoms with Gasteiger partial charge in [0.1, 0.15) is 12.3 Å². The second-order valence-electron chi connectivity index (χ2n) is 8.45. The Hall–Kier alpha value is -4.48. The summed E-state index contributed by atoms with van der Waals surface area (Å²) in [5, 5.41) is 13.5. The smallest absolute Gasteiger partial charge is 0.263 e. The average molecular weight is 492 g/mol. The summed E-state index contributed by atoms with van der Waals surface area (Å²) in [5.74, 6) is 1.31. The molecule has 0 bridgehead atoms. The minimum atomic E-state index is -0.957. The van der Waals surface area contributed by atoms with Gasteiger partial charge in [0.05, 0.1) is 26.0 Å². The summed E-state index contributed by atoms with van der Waals surface area (Å²) < 4.78 is 21.6. The van der Waals surface area contributed by atoms with Gasteiger partial charge in [-0.05, 0) is 50.2 Å². The van der Waals surface area contributed by atoms with E-state index in [2.05, 4.69) is 20.5 Å². The van der Waals surface area contributed by atoms with Crippen molar-refractivity contribution in [1.82, 2.24) is 15.1 Å². The highest BCUT2D eigenvalue weighted by Gasteiger charge is 2.55. The van der Waals surface area contributed by atoms with Crippen LogP contribution in [-0.4, -0.2) is 59.4 Å². The number of nitrogens with zero attached hydrogens (tertiary/aromatic N) is 6. The Balaban J connectivity index is 1.32. The maximum Gasteiger partial charge on any atom is 0.263 e. The molecule has 0 aliphatic carbocycles. The predicted molar refractivity (Wildman–Crippen MR) is 126 cm³/mol. The number of aromatic nitrogens is 2. The monoisotopic (exact) mass is 492 g/mol. The minimum Gasteiger partial charge on any atom is -0.493 e. The van der Waals surface area contributed by atoms with Crippen molar-refractivity contribution in [2.45, 2.75) is 38.6 Å². The molecule has 186 valence electrons. The Morgan fingerprint density at radius 2 is 1.75 bits per heavy atom. The first-order valence-corrected chi connectivity index (χ1v) is 11.3. The third-order valence-electron chi connectivity index (χ3n) is 5.73. The van der Waals surface area contributed by atoms with Crippen LogP contribution in [0.2, 0.25) is 0 Å². The lowest BCUT2D eigenvalue weighted by Gasteiger charge is -2.20. The van der Waals surface area contributed by atoms with E-state index in [1.165, 1.54) is 19.2 Å². The summed E-state index contributed by atoms with van der Waals surface area (Å²) in [6.07, 6.45) is 0.0685. The number of hydrogen-bond donors (Lipinski definition) is 0. The van der Waals surface area contributed by atoms with Crippen molar-refractivity contribution in [2.75, 3.05) is 19.1 Å². The van der Waals surface area contributed by atoms with Gasteiger partial charge in [0.15, 0.2) is 23.6 Å². The van der Waals surface area contributed by atoms with Crippen molar-refractivity contribution in [3.05, 3.63) is 48.4 Å². The number of carbonyl (C=O) groups excluding carboxylic acids is 2. The van der Waals surface area contributed by atoms with E-state index in [0.717, 1.165) is 16.2 Å². The van der Waals surface area contributed by atoms with Crippen molar-refractivity contribution >= 4 is 17.5 Å². The van der Waals surface area contributed by atoms with Crippen LogP contribution in [0.25, 0.3) is 11.4 Å². The van der Waals surface area contributed by atoms with Crippen molar-refractivity contribution in [1.29, 1.82) is 0 Å². The third kappa shape index (κ3) is 4.10. The number of carbonyl (C=O) groups is 2. The number of anilines is 1. The molecule has 5 rings (SSSR count). The number of methoxy groups -OCH3 is 2. The molecule has 3 heterocycles. The lowest BCUT2D eigenvalue weighted by Crippen LogP contribution is -2.39. The molecule has 2 atom stereocenters. The molecule has 12 heteroatoms. The van der Waals surface area contributed by atoms with Crippen LogP contribution in [0.15, 0.2) is 57.3 Å². The molecule has 0 unspecified atom stereocenters. The maximum atomic E-state index is 13.3. The molecular formula is C24H24N6O6. The van der Waals surface area contributed by atoms with Crippen LogP contribution in [-0.2, 0) is 16.1 Å². The SMILES string of the molecule is COc1ccc(N2C(=O)[C@@H]3N=NN(Cc4nc(-c5ccc(OC(C)C)cc5)no4)[C@H]3C2=O)cc1OC. The van der Waals surface area contributed by atoms with Crippen LogP contribution < -0.4 is 19.1 Å². The highest BCUT2D eigenvalue weighted by molar-refractivity contribution is 6.25. The molecule has 36 heavy (non-hydrogen) atoms. The zero-order valence-electron chi connectivity index (χ0n) is 20.1. The molecule has 12 nitrogen and oxygen atoms in total. The van der Waals surface area contributed by atoms with Crippen LogP contribution in [0, 0.1) is 0 Å². The summed E-state index contributed by atoms with van der Waals surface area (Å²) >= 11 is 0. The van der Waals surface area contributed by atoms with Crippen LogP contribution in [0.3, 0.4) is 0 Å². The molecule has 1 aromatic heterocycles. The van der Waals surface area contributed by atoms with Gasteiger partial charge < -0.3 is 18.7 Å².